The Morgan fingerprint density at radius 3 is 2.45 bits per heavy atom. The molecule has 2 aliphatic rings. The number of Topliss-reactive ketones (excluding diaryl/α,β-unsaturated/α-hetero) is 1. The largest absolute Gasteiger partial charge is 0.298 e. The quantitative estimate of drug-likeness (QED) is 0.519. The molecule has 2 aliphatic carbocycles. The van der Waals surface area contributed by atoms with Crippen LogP contribution in [0.2, 0.25) is 0 Å². The Kier molecular flexibility index (Phi) is 1.13. The highest BCUT2D eigenvalue weighted by atomic mass is 16.1. The molecule has 61 valence electrons. The summed E-state index contributed by atoms with van der Waals surface area (Å²) < 4.78 is 0. The second-order valence-electron chi connectivity index (χ2n) is 4.77. The van der Waals surface area contributed by atoms with Gasteiger partial charge in [0, 0.05) is 10.8 Å². The summed E-state index contributed by atoms with van der Waals surface area (Å²) in [7, 11) is 0. The summed E-state index contributed by atoms with van der Waals surface area (Å²) in [6, 6.07) is 0. The maximum absolute atomic E-state index is 11.7. The van der Waals surface area contributed by atoms with Crippen LogP contribution in [0.4, 0.5) is 0 Å². The minimum Gasteiger partial charge on any atom is -0.298 e. The monoisotopic (exact) mass is 151 g/mol. The van der Waals surface area contributed by atoms with Gasteiger partial charge >= 0.3 is 0 Å². The number of rotatable bonds is 0. The van der Waals surface area contributed by atoms with E-state index in [1.807, 2.05) is 0 Å². The van der Waals surface area contributed by atoms with Crippen molar-refractivity contribution in [1.29, 1.82) is 0 Å². The van der Waals surface area contributed by atoms with E-state index < -0.39 is 0 Å². The third-order valence-electron chi connectivity index (χ3n) is 3.70. The van der Waals surface area contributed by atoms with E-state index in [-0.39, 0.29) is 10.8 Å². The predicted octanol–water partition coefficient (Wildman–Crippen LogP) is 2.22. The van der Waals surface area contributed by atoms with Crippen LogP contribution in [0.1, 0.15) is 33.1 Å². The van der Waals surface area contributed by atoms with Crippen molar-refractivity contribution in [3.63, 3.8) is 0 Å². The van der Waals surface area contributed by atoms with Crippen molar-refractivity contribution in [1.82, 2.24) is 0 Å². The second kappa shape index (κ2) is 1.70. The van der Waals surface area contributed by atoms with Gasteiger partial charge in [-0.3, -0.25) is 4.79 Å². The van der Waals surface area contributed by atoms with Gasteiger partial charge in [0.25, 0.3) is 0 Å². The fraction of sp³-hybridized carbons (Fsp3) is 0.800. The molecule has 1 heteroatoms. The molecule has 0 spiro atoms. The number of fused-ring (bicyclic) bond motifs is 2. The first kappa shape index (κ1) is 7.33. The molecule has 0 aromatic rings. The molecule has 0 aromatic carbocycles. The van der Waals surface area contributed by atoms with E-state index in [1.165, 1.54) is 6.42 Å². The summed E-state index contributed by atoms with van der Waals surface area (Å²) in [6.45, 7) is 8.21. The fourth-order valence-corrected chi connectivity index (χ4v) is 2.82. The van der Waals surface area contributed by atoms with Gasteiger partial charge in [-0.25, -0.2) is 0 Å². The minimum absolute atomic E-state index is 0.0694. The third-order valence-corrected chi connectivity index (χ3v) is 3.70. The van der Waals surface area contributed by atoms with Crippen molar-refractivity contribution < 1.29 is 4.79 Å². The van der Waals surface area contributed by atoms with Gasteiger partial charge in [0.15, 0.2) is 0 Å². The Labute approximate surface area is 68.2 Å². The van der Waals surface area contributed by atoms with Crippen LogP contribution in [0.3, 0.4) is 0 Å². The zero-order chi connectivity index (χ0) is 8.28. The van der Waals surface area contributed by atoms with E-state index in [0.717, 1.165) is 12.8 Å². The molecule has 1 radical (unpaired) electrons. The van der Waals surface area contributed by atoms with E-state index in [2.05, 4.69) is 20.8 Å². The SMILES string of the molecule is [CH2]C12CCC(C1)C(C)(C)C2=O. The van der Waals surface area contributed by atoms with Crippen LogP contribution in [0, 0.1) is 23.7 Å². The van der Waals surface area contributed by atoms with Crippen LogP contribution in [-0.4, -0.2) is 5.78 Å². The van der Waals surface area contributed by atoms with E-state index in [4.69, 9.17) is 0 Å². The second-order valence-corrected chi connectivity index (χ2v) is 4.77. The molecule has 2 fully saturated rings. The molecule has 11 heavy (non-hydrogen) atoms. The number of carbonyl (C=O) groups is 1. The summed E-state index contributed by atoms with van der Waals surface area (Å²) in [6.07, 6.45) is 3.28. The maximum Gasteiger partial charge on any atom is 0.144 e. The van der Waals surface area contributed by atoms with Gasteiger partial charge in [-0.15, -0.1) is 0 Å². The normalized spacial score (nSPS) is 46.8. The Bertz CT molecular complexity index is 210. The van der Waals surface area contributed by atoms with Crippen LogP contribution in [-0.2, 0) is 4.79 Å². The fourth-order valence-electron chi connectivity index (χ4n) is 2.82. The highest BCUT2D eigenvalue weighted by molar-refractivity contribution is 5.93. The molecule has 0 amide bonds. The number of hydrogen-bond donors (Lipinski definition) is 0. The zero-order valence-corrected chi connectivity index (χ0v) is 7.31. The third kappa shape index (κ3) is 0.692. The van der Waals surface area contributed by atoms with E-state index in [1.54, 1.807) is 0 Å². The summed E-state index contributed by atoms with van der Waals surface area (Å²) >= 11 is 0. The average molecular weight is 151 g/mol. The van der Waals surface area contributed by atoms with Gasteiger partial charge in [0.2, 0.25) is 0 Å². The van der Waals surface area contributed by atoms with Crippen molar-refractivity contribution in [2.75, 3.05) is 0 Å². The van der Waals surface area contributed by atoms with Crippen molar-refractivity contribution in [3.8, 4) is 0 Å². The first-order valence-electron chi connectivity index (χ1n) is 4.37. The lowest BCUT2D eigenvalue weighted by atomic mass is 9.72. The van der Waals surface area contributed by atoms with Crippen molar-refractivity contribution in [3.05, 3.63) is 6.92 Å². The summed E-state index contributed by atoms with van der Waals surface area (Å²) in [5, 5.41) is 0. The summed E-state index contributed by atoms with van der Waals surface area (Å²) in [5.74, 6) is 1.02. The molecule has 2 bridgehead atoms. The number of hydrogen-bond acceptors (Lipinski definition) is 1. The van der Waals surface area contributed by atoms with Crippen LogP contribution in [0.5, 0.6) is 0 Å². The van der Waals surface area contributed by atoms with Crippen molar-refractivity contribution >= 4 is 5.78 Å². The van der Waals surface area contributed by atoms with Crippen LogP contribution < -0.4 is 0 Å². The Morgan fingerprint density at radius 2 is 2.18 bits per heavy atom. The Morgan fingerprint density at radius 1 is 1.55 bits per heavy atom. The van der Waals surface area contributed by atoms with E-state index in [0.29, 0.717) is 11.7 Å². The van der Waals surface area contributed by atoms with Crippen LogP contribution in [0.15, 0.2) is 0 Å². The standard InChI is InChI=1S/C10H15O/c1-9(2)7-4-5-10(3,6-7)8(9)11/h7H,3-6H2,1-2H3. The minimum atomic E-state index is -0.186. The molecule has 2 saturated carbocycles. The lowest BCUT2D eigenvalue weighted by molar-refractivity contribution is -0.133. The molecule has 2 rings (SSSR count). The molecule has 0 heterocycles. The van der Waals surface area contributed by atoms with E-state index in [9.17, 15) is 4.79 Å². The molecule has 0 aromatic heterocycles. The molecule has 1 nitrogen and oxygen atoms in total. The highest BCUT2D eigenvalue weighted by Gasteiger charge is 2.58. The molecular weight excluding hydrogens is 136 g/mol. The van der Waals surface area contributed by atoms with Crippen LogP contribution >= 0.6 is 0 Å². The molecule has 2 unspecified atom stereocenters. The maximum atomic E-state index is 11.7. The Balaban J connectivity index is 2.42. The van der Waals surface area contributed by atoms with Gasteiger partial charge in [-0.1, -0.05) is 13.8 Å². The van der Waals surface area contributed by atoms with Crippen LogP contribution in [0.25, 0.3) is 0 Å². The van der Waals surface area contributed by atoms with Gasteiger partial charge in [-0.05, 0) is 32.1 Å². The summed E-state index contributed by atoms with van der Waals surface area (Å²) in [5.41, 5.74) is -0.256. The van der Waals surface area contributed by atoms with Gasteiger partial charge in [-0.2, -0.15) is 0 Å². The lowest BCUT2D eigenvalue weighted by Gasteiger charge is -2.30. The highest BCUT2D eigenvalue weighted by Crippen LogP contribution is 2.59. The van der Waals surface area contributed by atoms with E-state index >= 15 is 0 Å². The van der Waals surface area contributed by atoms with Crippen molar-refractivity contribution in [2.24, 2.45) is 16.7 Å². The first-order chi connectivity index (χ1) is 4.97. The first-order valence-corrected chi connectivity index (χ1v) is 4.37. The smallest absolute Gasteiger partial charge is 0.144 e. The Hall–Kier alpha value is -0.330. The lowest BCUT2D eigenvalue weighted by Crippen LogP contribution is -2.35. The number of ketones is 1. The topological polar surface area (TPSA) is 17.1 Å². The van der Waals surface area contributed by atoms with Crippen molar-refractivity contribution in [2.45, 2.75) is 33.1 Å². The molecular formula is C10H15O. The average Bonchev–Trinajstić information content (AvgIpc) is 2.36. The summed E-state index contributed by atoms with van der Waals surface area (Å²) in [4.78, 5) is 11.7. The van der Waals surface area contributed by atoms with Gasteiger partial charge in [0.1, 0.15) is 5.78 Å². The van der Waals surface area contributed by atoms with Gasteiger partial charge in [0.05, 0.1) is 0 Å². The molecule has 0 N–H and O–H groups in total. The molecule has 0 aliphatic heterocycles. The molecule has 2 atom stereocenters. The van der Waals surface area contributed by atoms with Gasteiger partial charge < -0.3 is 0 Å². The number of carbonyl (C=O) groups excluding carboxylic acids is 1. The predicted molar refractivity (Wildman–Crippen MR) is 43.9 cm³/mol. The molecule has 0 saturated heterocycles. The zero-order valence-electron chi connectivity index (χ0n) is 7.31.